The Labute approximate surface area is 146 Å². The van der Waals surface area contributed by atoms with Gasteiger partial charge in [-0.15, -0.1) is 19.0 Å². The molecule has 3 unspecified atom stereocenters. The third-order valence-corrected chi connectivity index (χ3v) is 5.01. The fraction of sp³-hybridized carbons (Fsp3) is 0.600. The van der Waals surface area contributed by atoms with E-state index in [-0.39, 0.29) is 30.9 Å². The van der Waals surface area contributed by atoms with E-state index in [1.165, 1.54) is 6.08 Å². The van der Waals surface area contributed by atoms with E-state index >= 15 is 0 Å². The van der Waals surface area contributed by atoms with Gasteiger partial charge in [-0.25, -0.2) is 9.69 Å². The monoisotopic (exact) mass is 356 g/mol. The topological polar surface area (TPSA) is 104 Å². The Morgan fingerprint density at radius 3 is 2.46 bits per heavy atom. The molecule has 0 aromatic rings. The van der Waals surface area contributed by atoms with Crippen LogP contribution in [0.1, 0.15) is 12.8 Å². The highest BCUT2D eigenvalue weighted by Crippen LogP contribution is 2.37. The lowest BCUT2D eigenvalue weighted by molar-refractivity contribution is -0.144. The minimum absolute atomic E-state index is 0. The molecule has 0 aromatic heterocycles. The van der Waals surface area contributed by atoms with Crippen molar-refractivity contribution >= 4 is 36.2 Å². The maximum atomic E-state index is 12.4. The predicted octanol–water partition coefficient (Wildman–Crippen LogP) is -0.419. The number of hydrogen-bond acceptors (Lipinski definition) is 5. The van der Waals surface area contributed by atoms with E-state index in [1.807, 2.05) is 0 Å². The number of nitrogens with two attached hydrogens (primary N) is 1. The molecular formula is C15H21ClN4O4. The van der Waals surface area contributed by atoms with Crippen molar-refractivity contribution in [3.05, 3.63) is 12.7 Å². The van der Waals surface area contributed by atoms with Gasteiger partial charge < -0.3 is 10.6 Å². The molecule has 5 amide bonds. The van der Waals surface area contributed by atoms with Crippen LogP contribution in [0.2, 0.25) is 0 Å². The Kier molecular flexibility index (Phi) is 5.29. The molecule has 24 heavy (non-hydrogen) atoms. The molecule has 1 saturated carbocycles. The average molecular weight is 357 g/mol. The van der Waals surface area contributed by atoms with Gasteiger partial charge in [0.1, 0.15) is 6.54 Å². The van der Waals surface area contributed by atoms with Gasteiger partial charge in [-0.05, 0) is 24.7 Å². The van der Waals surface area contributed by atoms with Crippen LogP contribution < -0.4 is 5.73 Å². The highest BCUT2D eigenvalue weighted by molar-refractivity contribution is 6.45. The van der Waals surface area contributed by atoms with Crippen LogP contribution in [0.15, 0.2) is 12.7 Å². The quantitative estimate of drug-likeness (QED) is 0.418. The molecule has 3 atom stereocenters. The van der Waals surface area contributed by atoms with Crippen molar-refractivity contribution in [1.29, 1.82) is 0 Å². The highest BCUT2D eigenvalue weighted by atomic mass is 35.5. The summed E-state index contributed by atoms with van der Waals surface area (Å²) in [5, 5.41) is 0. The van der Waals surface area contributed by atoms with Gasteiger partial charge in [-0.2, -0.15) is 0 Å². The normalized spacial score (nSPS) is 29.1. The number of hydrogen-bond donors (Lipinski definition) is 1. The maximum Gasteiger partial charge on any atom is 0.335 e. The standard InChI is InChI=1S/C15H20N4O4.ClH/c1-2-5-18-13(21)14(22)19(15(18)23)8-12(20)17-6-9-3-4-11(16)10(9)7-17;/h2,9-11H,1,3-8,16H2;1H. The second-order valence-corrected chi connectivity index (χ2v) is 6.34. The summed E-state index contributed by atoms with van der Waals surface area (Å²) in [6, 6.07) is -0.651. The minimum atomic E-state index is -0.957. The van der Waals surface area contributed by atoms with Gasteiger partial charge in [-0.3, -0.25) is 19.3 Å². The molecule has 3 aliphatic rings. The zero-order valence-electron chi connectivity index (χ0n) is 13.2. The van der Waals surface area contributed by atoms with Crippen LogP contribution in [0.4, 0.5) is 4.79 Å². The van der Waals surface area contributed by atoms with Crippen molar-refractivity contribution in [3.63, 3.8) is 0 Å². The van der Waals surface area contributed by atoms with Gasteiger partial charge >= 0.3 is 17.8 Å². The lowest BCUT2D eigenvalue weighted by Crippen LogP contribution is -2.43. The summed E-state index contributed by atoms with van der Waals surface area (Å²) in [4.78, 5) is 51.3. The Bertz CT molecular complexity index is 596. The summed E-state index contributed by atoms with van der Waals surface area (Å²) in [6.45, 7) is 4.17. The first-order valence-corrected chi connectivity index (χ1v) is 7.75. The zero-order chi connectivity index (χ0) is 16.7. The van der Waals surface area contributed by atoms with E-state index in [2.05, 4.69) is 6.58 Å². The third kappa shape index (κ3) is 2.91. The number of amides is 5. The molecule has 0 aromatic carbocycles. The lowest BCUT2D eigenvalue weighted by Gasteiger charge is -2.21. The number of nitrogens with zero attached hydrogens (tertiary/aromatic N) is 3. The summed E-state index contributed by atoms with van der Waals surface area (Å²) in [5.41, 5.74) is 6.04. The van der Waals surface area contributed by atoms with Crippen molar-refractivity contribution < 1.29 is 19.2 Å². The van der Waals surface area contributed by atoms with Gasteiger partial charge in [0.05, 0.1) is 0 Å². The molecule has 132 valence electrons. The number of imide groups is 2. The Morgan fingerprint density at radius 2 is 1.83 bits per heavy atom. The molecule has 2 N–H and O–H groups in total. The van der Waals surface area contributed by atoms with E-state index in [4.69, 9.17) is 5.73 Å². The summed E-state index contributed by atoms with van der Waals surface area (Å²) >= 11 is 0. The molecule has 2 heterocycles. The Balaban J connectivity index is 0.00000208. The molecular weight excluding hydrogens is 336 g/mol. The average Bonchev–Trinajstić information content (AvgIpc) is 3.15. The van der Waals surface area contributed by atoms with Crippen LogP contribution in [0.25, 0.3) is 0 Å². The Hall–Kier alpha value is -1.93. The van der Waals surface area contributed by atoms with Crippen LogP contribution in [-0.4, -0.2) is 70.7 Å². The second kappa shape index (κ2) is 6.90. The van der Waals surface area contributed by atoms with E-state index in [0.29, 0.717) is 29.8 Å². The van der Waals surface area contributed by atoms with Crippen molar-refractivity contribution in [2.24, 2.45) is 17.6 Å². The van der Waals surface area contributed by atoms with E-state index < -0.39 is 24.4 Å². The molecule has 0 spiro atoms. The lowest BCUT2D eigenvalue weighted by atomic mass is 9.98. The fourth-order valence-electron chi connectivity index (χ4n) is 3.73. The van der Waals surface area contributed by atoms with E-state index in [0.717, 1.165) is 17.7 Å². The zero-order valence-corrected chi connectivity index (χ0v) is 14.0. The van der Waals surface area contributed by atoms with Gasteiger partial charge in [0, 0.05) is 25.7 Å². The SMILES string of the molecule is C=CCN1C(=O)C(=O)N(CC(=O)N2CC3CCC(N)C3C2)C1=O.Cl. The van der Waals surface area contributed by atoms with Crippen LogP contribution in [0.5, 0.6) is 0 Å². The van der Waals surface area contributed by atoms with Crippen molar-refractivity contribution in [1.82, 2.24) is 14.7 Å². The second-order valence-electron chi connectivity index (χ2n) is 6.34. The van der Waals surface area contributed by atoms with E-state index in [1.54, 1.807) is 4.90 Å². The summed E-state index contributed by atoms with van der Waals surface area (Å²) in [7, 11) is 0. The molecule has 0 radical (unpaired) electrons. The van der Waals surface area contributed by atoms with Crippen LogP contribution >= 0.6 is 12.4 Å². The number of likely N-dealkylation sites (tertiary alicyclic amines) is 1. The molecule has 8 nitrogen and oxygen atoms in total. The molecule has 2 saturated heterocycles. The molecule has 9 heteroatoms. The van der Waals surface area contributed by atoms with Gasteiger partial charge in [-0.1, -0.05) is 6.08 Å². The largest absolute Gasteiger partial charge is 0.341 e. The first-order chi connectivity index (χ1) is 10.9. The van der Waals surface area contributed by atoms with Gasteiger partial charge in [0.2, 0.25) is 5.91 Å². The van der Waals surface area contributed by atoms with E-state index in [9.17, 15) is 19.2 Å². The first-order valence-electron chi connectivity index (χ1n) is 7.75. The molecule has 3 rings (SSSR count). The first kappa shape index (κ1) is 18.4. The van der Waals surface area contributed by atoms with Gasteiger partial charge in [0.15, 0.2) is 0 Å². The number of carbonyl (C=O) groups excluding carboxylic acids is 4. The summed E-state index contributed by atoms with van der Waals surface area (Å²) in [5.74, 6) is -1.49. The number of halogens is 1. The van der Waals surface area contributed by atoms with Crippen molar-refractivity contribution in [3.8, 4) is 0 Å². The molecule has 1 aliphatic carbocycles. The number of fused-ring (bicyclic) bond motifs is 1. The van der Waals surface area contributed by atoms with Crippen LogP contribution in [0, 0.1) is 11.8 Å². The summed E-state index contributed by atoms with van der Waals surface area (Å²) in [6.07, 6.45) is 3.34. The number of rotatable bonds is 4. The maximum absolute atomic E-state index is 12.4. The fourth-order valence-corrected chi connectivity index (χ4v) is 3.73. The molecule has 3 fully saturated rings. The summed E-state index contributed by atoms with van der Waals surface area (Å²) < 4.78 is 0. The molecule has 2 aliphatic heterocycles. The van der Waals surface area contributed by atoms with Crippen molar-refractivity contribution in [2.75, 3.05) is 26.2 Å². The van der Waals surface area contributed by atoms with Crippen LogP contribution in [-0.2, 0) is 14.4 Å². The Morgan fingerprint density at radius 1 is 1.17 bits per heavy atom. The number of urea groups is 1. The predicted molar refractivity (Wildman–Crippen MR) is 87.0 cm³/mol. The van der Waals surface area contributed by atoms with Gasteiger partial charge in [0.25, 0.3) is 0 Å². The third-order valence-electron chi connectivity index (χ3n) is 5.01. The highest BCUT2D eigenvalue weighted by Gasteiger charge is 2.47. The molecule has 0 bridgehead atoms. The number of carbonyl (C=O) groups is 4. The van der Waals surface area contributed by atoms with Crippen molar-refractivity contribution in [2.45, 2.75) is 18.9 Å². The minimum Gasteiger partial charge on any atom is -0.341 e. The van der Waals surface area contributed by atoms with Crippen LogP contribution in [0.3, 0.4) is 0 Å². The smallest absolute Gasteiger partial charge is 0.335 e.